The minimum absolute atomic E-state index is 0.504. The summed E-state index contributed by atoms with van der Waals surface area (Å²) in [4.78, 5) is 4.32. The van der Waals surface area contributed by atoms with Crippen LogP contribution in [0.1, 0.15) is 18.6 Å². The maximum Gasteiger partial charge on any atom is 0.153 e. The lowest BCUT2D eigenvalue weighted by molar-refractivity contribution is 0.259. The lowest BCUT2D eigenvalue weighted by atomic mass is 9.77. The number of pyridine rings is 1. The number of hydrogen-bond acceptors (Lipinski definition) is 3. The number of fused-ring (bicyclic) bond motifs is 2. The molecular formula is C14H14N2O. The molecule has 1 N–H and O–H groups in total. The van der Waals surface area contributed by atoms with Gasteiger partial charge in [0.15, 0.2) is 5.58 Å². The van der Waals surface area contributed by atoms with Crippen molar-refractivity contribution in [2.45, 2.75) is 18.9 Å². The van der Waals surface area contributed by atoms with Crippen LogP contribution < -0.4 is 5.32 Å². The van der Waals surface area contributed by atoms with Gasteiger partial charge in [0.1, 0.15) is 11.3 Å². The van der Waals surface area contributed by atoms with Gasteiger partial charge in [-0.05, 0) is 30.9 Å². The van der Waals surface area contributed by atoms with Crippen molar-refractivity contribution in [1.82, 2.24) is 10.3 Å². The van der Waals surface area contributed by atoms with E-state index in [1.807, 2.05) is 12.1 Å². The first kappa shape index (κ1) is 9.42. The predicted molar refractivity (Wildman–Crippen MR) is 66.5 cm³/mol. The number of nitrogens with zero attached hydrogens (tertiary/aromatic N) is 1. The van der Waals surface area contributed by atoms with Gasteiger partial charge in [-0.25, -0.2) is 0 Å². The third-order valence-electron chi connectivity index (χ3n) is 3.88. The van der Waals surface area contributed by atoms with Crippen LogP contribution in [0.25, 0.3) is 16.7 Å². The van der Waals surface area contributed by atoms with Gasteiger partial charge in [-0.3, -0.25) is 4.98 Å². The first-order valence-electron chi connectivity index (χ1n) is 6.20. The average Bonchev–Trinajstić information content (AvgIpc) is 2.74. The summed E-state index contributed by atoms with van der Waals surface area (Å²) in [5, 5.41) is 3.49. The second-order valence-corrected chi connectivity index (χ2v) is 4.88. The fourth-order valence-electron chi connectivity index (χ4n) is 2.88. The zero-order valence-electron chi connectivity index (χ0n) is 9.52. The lowest BCUT2D eigenvalue weighted by Crippen LogP contribution is -2.54. The standard InChI is InChI=1S/C14H14N2O/c1-3-9-8-16-14(9)10(4-1)13-7-11-12(17-13)5-2-6-15-11/h2,4-7,9,14,16H,1,3,8H2/t9-,14+/m1/s1. The molecule has 0 saturated carbocycles. The van der Waals surface area contributed by atoms with Crippen LogP contribution in [-0.4, -0.2) is 17.6 Å². The molecule has 3 heteroatoms. The summed E-state index contributed by atoms with van der Waals surface area (Å²) in [6, 6.07) is 6.45. The first-order valence-corrected chi connectivity index (χ1v) is 6.20. The third kappa shape index (κ3) is 1.35. The van der Waals surface area contributed by atoms with Crippen molar-refractivity contribution >= 4 is 16.7 Å². The van der Waals surface area contributed by atoms with E-state index in [4.69, 9.17) is 4.42 Å². The fraction of sp³-hybridized carbons (Fsp3) is 0.357. The van der Waals surface area contributed by atoms with Crippen molar-refractivity contribution in [3.63, 3.8) is 0 Å². The second kappa shape index (κ2) is 3.44. The monoisotopic (exact) mass is 226 g/mol. The molecular weight excluding hydrogens is 212 g/mol. The molecule has 0 bridgehead atoms. The fourth-order valence-corrected chi connectivity index (χ4v) is 2.88. The summed E-state index contributed by atoms with van der Waals surface area (Å²) in [5.74, 6) is 1.79. The van der Waals surface area contributed by atoms with Crippen LogP contribution in [0.3, 0.4) is 0 Å². The highest BCUT2D eigenvalue weighted by Gasteiger charge is 2.36. The molecule has 0 unspecified atom stereocenters. The summed E-state index contributed by atoms with van der Waals surface area (Å²) in [7, 11) is 0. The molecule has 1 fully saturated rings. The van der Waals surface area contributed by atoms with E-state index in [0.717, 1.165) is 29.3 Å². The van der Waals surface area contributed by atoms with E-state index < -0.39 is 0 Å². The predicted octanol–water partition coefficient (Wildman–Crippen LogP) is 2.59. The maximum atomic E-state index is 5.89. The largest absolute Gasteiger partial charge is 0.455 e. The van der Waals surface area contributed by atoms with E-state index in [1.54, 1.807) is 6.20 Å². The van der Waals surface area contributed by atoms with Gasteiger partial charge in [-0.15, -0.1) is 0 Å². The van der Waals surface area contributed by atoms with Gasteiger partial charge >= 0.3 is 0 Å². The molecule has 0 aromatic carbocycles. The van der Waals surface area contributed by atoms with Crippen LogP contribution in [0.15, 0.2) is 34.9 Å². The Morgan fingerprint density at radius 1 is 1.41 bits per heavy atom. The summed E-state index contributed by atoms with van der Waals surface area (Å²) in [6.07, 6.45) is 6.59. The molecule has 2 aromatic heterocycles. The Kier molecular flexibility index (Phi) is 1.91. The van der Waals surface area contributed by atoms with E-state index >= 15 is 0 Å². The Hall–Kier alpha value is -1.61. The SMILES string of the molecule is C1=C(c2cc3ncccc3o2)[C@H]2NC[C@H]2CC1. The van der Waals surface area contributed by atoms with E-state index in [1.165, 1.54) is 18.4 Å². The molecule has 4 rings (SSSR count). The van der Waals surface area contributed by atoms with Crippen molar-refractivity contribution < 1.29 is 4.42 Å². The summed E-state index contributed by atoms with van der Waals surface area (Å²) in [6.45, 7) is 1.15. The molecule has 2 aliphatic rings. The number of allylic oxidation sites excluding steroid dienone is 1. The molecule has 1 aliphatic heterocycles. The average molecular weight is 226 g/mol. The Balaban J connectivity index is 1.80. The minimum atomic E-state index is 0.504. The molecule has 17 heavy (non-hydrogen) atoms. The van der Waals surface area contributed by atoms with E-state index in [9.17, 15) is 0 Å². The van der Waals surface area contributed by atoms with Gasteiger partial charge in [0.2, 0.25) is 0 Å². The van der Waals surface area contributed by atoms with Crippen LogP contribution >= 0.6 is 0 Å². The highest BCUT2D eigenvalue weighted by molar-refractivity contribution is 5.80. The van der Waals surface area contributed by atoms with Crippen molar-refractivity contribution in [3.05, 3.63) is 36.2 Å². The quantitative estimate of drug-likeness (QED) is 0.812. The molecule has 86 valence electrons. The maximum absolute atomic E-state index is 5.89. The van der Waals surface area contributed by atoms with E-state index in [0.29, 0.717) is 6.04 Å². The van der Waals surface area contributed by atoms with E-state index in [-0.39, 0.29) is 0 Å². The zero-order chi connectivity index (χ0) is 11.2. The molecule has 2 aromatic rings. The molecule has 0 amide bonds. The zero-order valence-corrected chi connectivity index (χ0v) is 9.52. The minimum Gasteiger partial charge on any atom is -0.455 e. The highest BCUT2D eigenvalue weighted by atomic mass is 16.3. The van der Waals surface area contributed by atoms with Gasteiger partial charge < -0.3 is 9.73 Å². The van der Waals surface area contributed by atoms with Crippen molar-refractivity contribution in [2.75, 3.05) is 6.54 Å². The molecule has 1 aliphatic carbocycles. The van der Waals surface area contributed by atoms with Crippen LogP contribution in [0.4, 0.5) is 0 Å². The Morgan fingerprint density at radius 2 is 2.41 bits per heavy atom. The molecule has 2 atom stereocenters. The van der Waals surface area contributed by atoms with Crippen LogP contribution in [0.2, 0.25) is 0 Å². The topological polar surface area (TPSA) is 38.1 Å². The molecule has 3 nitrogen and oxygen atoms in total. The van der Waals surface area contributed by atoms with Gasteiger partial charge in [-0.1, -0.05) is 6.08 Å². The number of rotatable bonds is 1. The third-order valence-corrected chi connectivity index (χ3v) is 3.88. The first-order chi connectivity index (χ1) is 8.42. The van der Waals surface area contributed by atoms with Gasteiger partial charge in [0.05, 0.1) is 0 Å². The van der Waals surface area contributed by atoms with Crippen molar-refractivity contribution in [2.24, 2.45) is 5.92 Å². The van der Waals surface area contributed by atoms with Crippen LogP contribution in [0, 0.1) is 5.92 Å². The van der Waals surface area contributed by atoms with E-state index in [2.05, 4.69) is 22.4 Å². The lowest BCUT2D eigenvalue weighted by Gasteiger charge is -2.41. The smallest absolute Gasteiger partial charge is 0.153 e. The van der Waals surface area contributed by atoms with Crippen molar-refractivity contribution in [3.8, 4) is 0 Å². The van der Waals surface area contributed by atoms with Gasteiger partial charge in [0, 0.05) is 30.4 Å². The Morgan fingerprint density at radius 3 is 3.24 bits per heavy atom. The molecule has 0 radical (unpaired) electrons. The number of furan rings is 1. The van der Waals surface area contributed by atoms with Crippen LogP contribution in [0.5, 0.6) is 0 Å². The molecule has 3 heterocycles. The summed E-state index contributed by atoms with van der Waals surface area (Å²) >= 11 is 0. The Labute approximate surface area is 99.5 Å². The molecule has 0 spiro atoms. The Bertz CT molecular complexity index is 566. The molecule has 1 saturated heterocycles. The second-order valence-electron chi connectivity index (χ2n) is 4.88. The summed E-state index contributed by atoms with van der Waals surface area (Å²) in [5.41, 5.74) is 3.15. The van der Waals surface area contributed by atoms with Gasteiger partial charge in [0.25, 0.3) is 0 Å². The number of nitrogens with one attached hydrogen (secondary N) is 1. The number of aromatic nitrogens is 1. The van der Waals surface area contributed by atoms with Crippen LogP contribution in [-0.2, 0) is 0 Å². The van der Waals surface area contributed by atoms with Crippen molar-refractivity contribution in [1.29, 1.82) is 0 Å². The normalized spacial score (nSPS) is 27.4. The summed E-state index contributed by atoms with van der Waals surface area (Å²) < 4.78 is 5.89. The number of hydrogen-bond donors (Lipinski definition) is 1. The van der Waals surface area contributed by atoms with Gasteiger partial charge in [-0.2, -0.15) is 0 Å². The highest BCUT2D eigenvalue weighted by Crippen LogP contribution is 2.37.